The minimum Gasteiger partial charge on any atom is -0.301 e. The quantitative estimate of drug-likeness (QED) is 0.477. The fourth-order valence-electron chi connectivity index (χ4n) is 1.15. The number of nitrogens with two attached hydrogens (primary N) is 1. The fraction of sp³-hybridized carbons (Fsp3) is 1.00. The standard InChI is InChI=1S/C6H14N2OS/c1-10-8-4-2-6(9-7)3-5-8/h6H,2-5,7H2,1H3. The third-order valence-corrected chi connectivity index (χ3v) is 2.73. The molecule has 1 saturated heterocycles. The van der Waals surface area contributed by atoms with Gasteiger partial charge in [-0.15, -0.1) is 0 Å². The van der Waals surface area contributed by atoms with Gasteiger partial charge in [-0.25, -0.2) is 5.90 Å². The van der Waals surface area contributed by atoms with Crippen molar-refractivity contribution in [1.82, 2.24) is 4.31 Å². The van der Waals surface area contributed by atoms with Gasteiger partial charge >= 0.3 is 0 Å². The first-order valence-electron chi connectivity index (χ1n) is 3.51. The highest BCUT2D eigenvalue weighted by Crippen LogP contribution is 2.16. The van der Waals surface area contributed by atoms with E-state index in [4.69, 9.17) is 10.7 Å². The fourth-order valence-corrected chi connectivity index (χ4v) is 1.73. The Morgan fingerprint density at radius 2 is 2.10 bits per heavy atom. The Balaban J connectivity index is 2.17. The van der Waals surface area contributed by atoms with Gasteiger partial charge in [-0.2, -0.15) is 0 Å². The lowest BCUT2D eigenvalue weighted by atomic mass is 10.1. The lowest BCUT2D eigenvalue weighted by Crippen LogP contribution is -2.33. The van der Waals surface area contributed by atoms with E-state index < -0.39 is 0 Å². The van der Waals surface area contributed by atoms with Crippen LogP contribution in [-0.2, 0) is 4.84 Å². The van der Waals surface area contributed by atoms with Crippen LogP contribution >= 0.6 is 11.9 Å². The van der Waals surface area contributed by atoms with Crippen molar-refractivity contribution in [3.63, 3.8) is 0 Å². The Labute approximate surface area is 66.0 Å². The van der Waals surface area contributed by atoms with Gasteiger partial charge in [0.05, 0.1) is 6.10 Å². The van der Waals surface area contributed by atoms with E-state index in [2.05, 4.69) is 10.6 Å². The van der Waals surface area contributed by atoms with Crippen molar-refractivity contribution in [3.8, 4) is 0 Å². The van der Waals surface area contributed by atoms with Crippen molar-refractivity contribution < 1.29 is 4.84 Å². The molecule has 3 nitrogen and oxygen atoms in total. The summed E-state index contributed by atoms with van der Waals surface area (Å²) in [5.74, 6) is 5.06. The lowest BCUT2D eigenvalue weighted by molar-refractivity contribution is 0.0219. The SMILES string of the molecule is CSN1CCC(ON)CC1. The van der Waals surface area contributed by atoms with E-state index in [0.29, 0.717) is 6.10 Å². The summed E-state index contributed by atoms with van der Waals surface area (Å²) in [5, 5.41) is 0. The summed E-state index contributed by atoms with van der Waals surface area (Å²) in [6.45, 7) is 2.20. The van der Waals surface area contributed by atoms with Crippen LogP contribution in [-0.4, -0.2) is 29.8 Å². The van der Waals surface area contributed by atoms with Gasteiger partial charge in [0.15, 0.2) is 0 Å². The maximum absolute atomic E-state index is 5.06. The van der Waals surface area contributed by atoms with Crippen molar-refractivity contribution in [2.24, 2.45) is 5.90 Å². The zero-order chi connectivity index (χ0) is 7.40. The lowest BCUT2D eigenvalue weighted by Gasteiger charge is -2.28. The van der Waals surface area contributed by atoms with E-state index in [-0.39, 0.29) is 0 Å². The van der Waals surface area contributed by atoms with Crippen LogP contribution in [0.5, 0.6) is 0 Å². The average molecular weight is 162 g/mol. The van der Waals surface area contributed by atoms with E-state index in [9.17, 15) is 0 Å². The van der Waals surface area contributed by atoms with E-state index in [1.54, 1.807) is 11.9 Å². The number of hydrogen-bond donors (Lipinski definition) is 1. The highest BCUT2D eigenvalue weighted by Gasteiger charge is 2.17. The summed E-state index contributed by atoms with van der Waals surface area (Å²) in [6, 6.07) is 0. The molecule has 0 spiro atoms. The molecule has 1 fully saturated rings. The van der Waals surface area contributed by atoms with E-state index in [1.165, 1.54) is 0 Å². The normalized spacial score (nSPS) is 23.4. The summed E-state index contributed by atoms with van der Waals surface area (Å²) in [5.41, 5.74) is 0. The summed E-state index contributed by atoms with van der Waals surface area (Å²) < 4.78 is 2.33. The third-order valence-electron chi connectivity index (χ3n) is 1.85. The number of nitrogens with zero attached hydrogens (tertiary/aromatic N) is 1. The highest BCUT2D eigenvalue weighted by molar-refractivity contribution is 7.96. The molecule has 0 aromatic carbocycles. The third kappa shape index (κ3) is 2.12. The zero-order valence-electron chi connectivity index (χ0n) is 6.25. The molecule has 0 aliphatic carbocycles. The van der Waals surface area contributed by atoms with Gasteiger partial charge in [-0.3, -0.25) is 4.31 Å². The molecule has 0 atom stereocenters. The topological polar surface area (TPSA) is 38.5 Å². The summed E-state index contributed by atoms with van der Waals surface area (Å²) in [6.07, 6.45) is 4.53. The van der Waals surface area contributed by atoms with Crippen molar-refractivity contribution in [2.45, 2.75) is 18.9 Å². The van der Waals surface area contributed by atoms with Gasteiger partial charge in [0.1, 0.15) is 0 Å². The van der Waals surface area contributed by atoms with Crippen LogP contribution in [0.3, 0.4) is 0 Å². The molecule has 1 rings (SSSR count). The molecule has 0 aromatic heterocycles. The number of piperidine rings is 1. The molecule has 1 heterocycles. The first-order valence-corrected chi connectivity index (χ1v) is 4.69. The molecule has 1 aliphatic rings. The molecule has 2 N–H and O–H groups in total. The van der Waals surface area contributed by atoms with Crippen LogP contribution in [0, 0.1) is 0 Å². The molecule has 0 aromatic rings. The van der Waals surface area contributed by atoms with Crippen LogP contribution in [0.25, 0.3) is 0 Å². The smallest absolute Gasteiger partial charge is 0.0812 e. The highest BCUT2D eigenvalue weighted by atomic mass is 32.2. The summed E-state index contributed by atoms with van der Waals surface area (Å²) in [4.78, 5) is 4.75. The molecule has 4 heteroatoms. The predicted octanol–water partition coefficient (Wildman–Crippen LogP) is 0.619. The Hall–Kier alpha value is 0.230. The van der Waals surface area contributed by atoms with Gasteiger partial charge in [0.25, 0.3) is 0 Å². The van der Waals surface area contributed by atoms with Crippen LogP contribution in [0.15, 0.2) is 0 Å². The minimum absolute atomic E-state index is 0.295. The Morgan fingerprint density at radius 3 is 2.50 bits per heavy atom. The molecule has 0 saturated carbocycles. The van der Waals surface area contributed by atoms with Crippen molar-refractivity contribution in [2.75, 3.05) is 19.3 Å². The van der Waals surface area contributed by atoms with Gasteiger partial charge in [0, 0.05) is 13.1 Å². The molecule has 0 bridgehead atoms. The summed E-state index contributed by atoms with van der Waals surface area (Å²) >= 11 is 1.80. The van der Waals surface area contributed by atoms with Gasteiger partial charge < -0.3 is 4.84 Å². The summed E-state index contributed by atoms with van der Waals surface area (Å²) in [7, 11) is 0. The van der Waals surface area contributed by atoms with Crippen LogP contribution in [0.1, 0.15) is 12.8 Å². The van der Waals surface area contributed by atoms with E-state index in [1.807, 2.05) is 0 Å². The van der Waals surface area contributed by atoms with Crippen LogP contribution in [0.2, 0.25) is 0 Å². The van der Waals surface area contributed by atoms with E-state index in [0.717, 1.165) is 25.9 Å². The van der Waals surface area contributed by atoms with Crippen molar-refractivity contribution >= 4 is 11.9 Å². The molecule has 60 valence electrons. The Kier molecular flexibility index (Phi) is 3.48. The molecule has 1 aliphatic heterocycles. The molecular weight excluding hydrogens is 148 g/mol. The zero-order valence-corrected chi connectivity index (χ0v) is 7.06. The molecule has 0 radical (unpaired) electrons. The van der Waals surface area contributed by atoms with Crippen LogP contribution in [0.4, 0.5) is 0 Å². The average Bonchev–Trinajstić information content (AvgIpc) is 2.05. The minimum atomic E-state index is 0.295. The van der Waals surface area contributed by atoms with Gasteiger partial charge in [-0.05, 0) is 19.1 Å². The molecule has 0 unspecified atom stereocenters. The molecule has 0 amide bonds. The van der Waals surface area contributed by atoms with Gasteiger partial charge in [0.2, 0.25) is 0 Å². The largest absolute Gasteiger partial charge is 0.301 e. The van der Waals surface area contributed by atoms with E-state index >= 15 is 0 Å². The van der Waals surface area contributed by atoms with Crippen LogP contribution < -0.4 is 5.90 Å². The Morgan fingerprint density at radius 1 is 1.50 bits per heavy atom. The number of hydrogen-bond acceptors (Lipinski definition) is 4. The first-order chi connectivity index (χ1) is 4.86. The second kappa shape index (κ2) is 4.18. The van der Waals surface area contributed by atoms with Crippen molar-refractivity contribution in [1.29, 1.82) is 0 Å². The predicted molar refractivity (Wildman–Crippen MR) is 43.4 cm³/mol. The molecule has 10 heavy (non-hydrogen) atoms. The molecular formula is C6H14N2OS. The Bertz CT molecular complexity index is 81.7. The van der Waals surface area contributed by atoms with Gasteiger partial charge in [-0.1, -0.05) is 11.9 Å². The first kappa shape index (κ1) is 8.33. The van der Waals surface area contributed by atoms with Crippen molar-refractivity contribution in [3.05, 3.63) is 0 Å². The maximum Gasteiger partial charge on any atom is 0.0812 e. The maximum atomic E-state index is 5.06. The second-order valence-electron chi connectivity index (χ2n) is 2.45. The monoisotopic (exact) mass is 162 g/mol. The number of rotatable bonds is 2. The second-order valence-corrected chi connectivity index (χ2v) is 3.33.